The Morgan fingerprint density at radius 2 is 1.88 bits per heavy atom. The van der Waals surface area contributed by atoms with Crippen LogP contribution in [0.25, 0.3) is 0 Å². The Morgan fingerprint density at radius 3 is 2.29 bits per heavy atom. The number of nitrogens with zero attached hydrogens (tertiary/aromatic N) is 1. The molecule has 0 aliphatic heterocycles. The van der Waals surface area contributed by atoms with E-state index in [4.69, 9.17) is 0 Å². The van der Waals surface area contributed by atoms with Crippen molar-refractivity contribution < 1.29 is 13.2 Å². The van der Waals surface area contributed by atoms with E-state index in [1.54, 1.807) is 4.90 Å². The molecule has 0 heterocycles. The Hall–Kier alpha value is -0.290. The highest BCUT2D eigenvalue weighted by Crippen LogP contribution is 2.34. The average molecular weight is 250 g/mol. The van der Waals surface area contributed by atoms with Crippen LogP contribution in [0.1, 0.15) is 32.6 Å². The van der Waals surface area contributed by atoms with E-state index in [2.05, 4.69) is 5.32 Å². The standard InChI is InChI=1S/C12H21F3N2/c1-2-17(8-12(13,14)15)11-6-3-9(11)7-16-10-4-5-10/h9-11,16H,2-8H2,1H3. The number of halogens is 3. The fraction of sp³-hybridized carbons (Fsp3) is 1.00. The molecule has 2 fully saturated rings. The largest absolute Gasteiger partial charge is 0.401 e. The molecule has 100 valence electrons. The van der Waals surface area contributed by atoms with Gasteiger partial charge in [0.2, 0.25) is 0 Å². The van der Waals surface area contributed by atoms with Crippen LogP contribution < -0.4 is 5.32 Å². The molecule has 0 radical (unpaired) electrons. The topological polar surface area (TPSA) is 15.3 Å². The van der Waals surface area contributed by atoms with E-state index in [1.165, 1.54) is 12.8 Å². The van der Waals surface area contributed by atoms with Crippen molar-refractivity contribution >= 4 is 0 Å². The summed E-state index contributed by atoms with van der Waals surface area (Å²) < 4.78 is 37.2. The first-order valence-corrected chi connectivity index (χ1v) is 6.54. The molecule has 2 saturated carbocycles. The zero-order valence-electron chi connectivity index (χ0n) is 10.3. The van der Waals surface area contributed by atoms with Crippen LogP contribution in [-0.2, 0) is 0 Å². The third kappa shape index (κ3) is 3.85. The monoisotopic (exact) mass is 250 g/mol. The first-order valence-electron chi connectivity index (χ1n) is 6.54. The van der Waals surface area contributed by atoms with E-state index >= 15 is 0 Å². The normalized spacial score (nSPS) is 29.5. The molecule has 2 rings (SSSR count). The molecular weight excluding hydrogens is 229 g/mol. The van der Waals surface area contributed by atoms with Crippen molar-refractivity contribution in [3.8, 4) is 0 Å². The van der Waals surface area contributed by atoms with Crippen molar-refractivity contribution in [3.05, 3.63) is 0 Å². The third-order valence-electron chi connectivity index (χ3n) is 3.88. The highest BCUT2D eigenvalue weighted by atomic mass is 19.4. The second-order valence-electron chi connectivity index (χ2n) is 5.27. The molecule has 0 bridgehead atoms. The molecule has 1 N–H and O–H groups in total. The van der Waals surface area contributed by atoms with Crippen molar-refractivity contribution in [2.24, 2.45) is 5.92 Å². The van der Waals surface area contributed by atoms with Gasteiger partial charge in [0.05, 0.1) is 6.54 Å². The van der Waals surface area contributed by atoms with Crippen molar-refractivity contribution in [1.82, 2.24) is 10.2 Å². The second kappa shape index (κ2) is 5.14. The van der Waals surface area contributed by atoms with E-state index in [9.17, 15) is 13.2 Å². The minimum absolute atomic E-state index is 0.132. The van der Waals surface area contributed by atoms with Gasteiger partial charge in [0.25, 0.3) is 0 Å². The molecule has 0 saturated heterocycles. The van der Waals surface area contributed by atoms with Crippen molar-refractivity contribution in [1.29, 1.82) is 0 Å². The van der Waals surface area contributed by atoms with Crippen LogP contribution in [0.15, 0.2) is 0 Å². The van der Waals surface area contributed by atoms with Gasteiger partial charge in [-0.2, -0.15) is 13.2 Å². The van der Waals surface area contributed by atoms with Gasteiger partial charge in [0, 0.05) is 12.1 Å². The van der Waals surface area contributed by atoms with E-state index in [0.29, 0.717) is 18.5 Å². The van der Waals surface area contributed by atoms with Crippen LogP contribution in [0.5, 0.6) is 0 Å². The fourth-order valence-corrected chi connectivity index (χ4v) is 2.57. The molecule has 2 atom stereocenters. The molecular formula is C12H21F3N2. The minimum Gasteiger partial charge on any atom is -0.314 e. The first kappa shape index (κ1) is 13.1. The maximum absolute atomic E-state index is 12.4. The summed E-state index contributed by atoms with van der Waals surface area (Å²) in [5, 5.41) is 3.42. The molecule has 17 heavy (non-hydrogen) atoms. The van der Waals surface area contributed by atoms with Gasteiger partial charge in [-0.3, -0.25) is 4.90 Å². The summed E-state index contributed by atoms with van der Waals surface area (Å²) in [4.78, 5) is 1.59. The molecule has 2 nitrogen and oxygen atoms in total. The van der Waals surface area contributed by atoms with E-state index in [-0.39, 0.29) is 6.04 Å². The molecule has 2 unspecified atom stereocenters. The molecule has 0 aromatic rings. The number of rotatable bonds is 6. The van der Waals surface area contributed by atoms with Crippen LogP contribution in [-0.4, -0.2) is 42.8 Å². The van der Waals surface area contributed by atoms with Crippen molar-refractivity contribution in [2.75, 3.05) is 19.6 Å². The van der Waals surface area contributed by atoms with E-state index in [0.717, 1.165) is 19.4 Å². The lowest BCUT2D eigenvalue weighted by molar-refractivity contribution is -0.157. The summed E-state index contributed by atoms with van der Waals surface area (Å²) in [6.07, 6.45) is 0.384. The number of hydrogen-bond acceptors (Lipinski definition) is 2. The third-order valence-corrected chi connectivity index (χ3v) is 3.88. The van der Waals surface area contributed by atoms with Gasteiger partial charge in [-0.25, -0.2) is 0 Å². The number of nitrogens with one attached hydrogen (secondary N) is 1. The average Bonchev–Trinajstić information content (AvgIpc) is 2.97. The van der Waals surface area contributed by atoms with Gasteiger partial charge >= 0.3 is 6.18 Å². The van der Waals surface area contributed by atoms with Crippen molar-refractivity contribution in [3.63, 3.8) is 0 Å². The van der Waals surface area contributed by atoms with E-state index < -0.39 is 12.7 Å². The van der Waals surface area contributed by atoms with Crippen molar-refractivity contribution in [2.45, 2.75) is 50.9 Å². The quantitative estimate of drug-likeness (QED) is 0.778. The van der Waals surface area contributed by atoms with Gasteiger partial charge in [0.1, 0.15) is 0 Å². The highest BCUT2D eigenvalue weighted by Gasteiger charge is 2.40. The summed E-state index contributed by atoms with van der Waals surface area (Å²) in [6.45, 7) is 2.44. The predicted molar refractivity (Wildman–Crippen MR) is 60.8 cm³/mol. The zero-order chi connectivity index (χ0) is 12.5. The number of alkyl halides is 3. The second-order valence-corrected chi connectivity index (χ2v) is 5.27. The Balaban J connectivity index is 1.77. The van der Waals surface area contributed by atoms with Crippen LogP contribution in [0.2, 0.25) is 0 Å². The minimum atomic E-state index is -4.07. The summed E-state index contributed by atoms with van der Waals surface area (Å²) in [5.41, 5.74) is 0. The Kier molecular flexibility index (Phi) is 3.98. The van der Waals surface area contributed by atoms with Crippen LogP contribution in [0.4, 0.5) is 13.2 Å². The smallest absolute Gasteiger partial charge is 0.314 e. The van der Waals surface area contributed by atoms with Crippen LogP contribution >= 0.6 is 0 Å². The van der Waals surface area contributed by atoms with Crippen LogP contribution in [0, 0.1) is 5.92 Å². The van der Waals surface area contributed by atoms with Crippen LogP contribution in [0.3, 0.4) is 0 Å². The maximum Gasteiger partial charge on any atom is 0.401 e. The SMILES string of the molecule is CCN(CC(F)(F)F)C1CCC1CNC1CC1. The lowest BCUT2D eigenvalue weighted by Crippen LogP contribution is -2.53. The molecule has 0 amide bonds. The number of hydrogen-bond donors (Lipinski definition) is 1. The highest BCUT2D eigenvalue weighted by molar-refractivity contribution is 4.92. The lowest BCUT2D eigenvalue weighted by Gasteiger charge is -2.44. The molecule has 0 aromatic carbocycles. The van der Waals surface area contributed by atoms with Gasteiger partial charge in [0.15, 0.2) is 0 Å². The van der Waals surface area contributed by atoms with Gasteiger partial charge < -0.3 is 5.32 Å². The molecule has 0 aromatic heterocycles. The maximum atomic E-state index is 12.4. The molecule has 2 aliphatic rings. The zero-order valence-corrected chi connectivity index (χ0v) is 10.3. The summed E-state index contributed by atoms with van der Waals surface area (Å²) in [5.74, 6) is 0.415. The first-order chi connectivity index (χ1) is 7.99. The molecule has 5 heteroatoms. The summed E-state index contributed by atoms with van der Waals surface area (Å²) >= 11 is 0. The Morgan fingerprint density at radius 1 is 1.18 bits per heavy atom. The molecule has 0 spiro atoms. The summed E-state index contributed by atoms with van der Waals surface area (Å²) in [6, 6.07) is 0.779. The lowest BCUT2D eigenvalue weighted by atomic mass is 9.78. The van der Waals surface area contributed by atoms with E-state index in [1.807, 2.05) is 6.92 Å². The Labute approximate surface area is 101 Å². The predicted octanol–water partition coefficient (Wildman–Crippen LogP) is 2.40. The van der Waals surface area contributed by atoms with Gasteiger partial charge in [-0.15, -0.1) is 0 Å². The van der Waals surface area contributed by atoms with Gasteiger partial charge in [-0.05, 0) is 44.7 Å². The van der Waals surface area contributed by atoms with Gasteiger partial charge in [-0.1, -0.05) is 6.92 Å². The summed E-state index contributed by atoms with van der Waals surface area (Å²) in [7, 11) is 0. The fourth-order valence-electron chi connectivity index (χ4n) is 2.57. The molecule has 2 aliphatic carbocycles. The Bertz CT molecular complexity index is 251.